The van der Waals surface area contributed by atoms with Crippen molar-refractivity contribution in [2.75, 3.05) is 0 Å². The van der Waals surface area contributed by atoms with E-state index in [1.807, 2.05) is 0 Å². The summed E-state index contributed by atoms with van der Waals surface area (Å²) in [6.07, 6.45) is 3.40. The van der Waals surface area contributed by atoms with Crippen LogP contribution in [0.25, 0.3) is 0 Å². The van der Waals surface area contributed by atoms with Crippen molar-refractivity contribution in [3.63, 3.8) is 0 Å². The van der Waals surface area contributed by atoms with Crippen molar-refractivity contribution in [3.05, 3.63) is 23.3 Å². The van der Waals surface area contributed by atoms with Gasteiger partial charge in [0.1, 0.15) is 0 Å². The molecule has 0 nitrogen and oxygen atoms in total. The second kappa shape index (κ2) is 4.87. The Balaban J connectivity index is 3.25. The summed E-state index contributed by atoms with van der Waals surface area (Å²) in [4.78, 5) is 0. The summed E-state index contributed by atoms with van der Waals surface area (Å²) in [6, 6.07) is 0. The molecule has 0 bridgehead atoms. The second-order valence-corrected chi connectivity index (χ2v) is 5.91. The van der Waals surface area contributed by atoms with E-state index in [-0.39, 0.29) is 0 Å². The summed E-state index contributed by atoms with van der Waals surface area (Å²) in [5, 5.41) is 0. The molecule has 0 aliphatic rings. The Hall–Kier alpha value is 0.722. The Kier molecular flexibility index (Phi) is 5.37. The quantitative estimate of drug-likeness (QED) is 0.505. The number of rotatable bonds is 2. The number of hydrogen-bond acceptors (Lipinski definition) is 0. The van der Waals surface area contributed by atoms with Gasteiger partial charge in [-0.15, -0.1) is 0 Å². The summed E-state index contributed by atoms with van der Waals surface area (Å²) in [5.41, 5.74) is 0. The molecule has 0 rings (SSSR count). The molecule has 0 aromatic rings. The Morgan fingerprint density at radius 1 is 1.43 bits per heavy atom. The van der Waals surface area contributed by atoms with Crippen LogP contribution in [0.3, 0.4) is 0 Å². The van der Waals surface area contributed by atoms with Gasteiger partial charge in [0.05, 0.1) is 0 Å². The fourth-order valence-electron chi connectivity index (χ4n) is 0.0890. The average Bonchev–Trinajstić information content (AvgIpc) is 1.61. The molecular formula is C4H5Cl2Pd. The molecule has 0 fully saturated rings. The first-order valence-corrected chi connectivity index (χ1v) is 6.40. The van der Waals surface area contributed by atoms with Crippen LogP contribution in [-0.4, -0.2) is 0 Å². The molecule has 3 heteroatoms. The van der Waals surface area contributed by atoms with Crippen LogP contribution in [0.5, 0.6) is 0 Å². The molecule has 0 aliphatic heterocycles. The van der Waals surface area contributed by atoms with E-state index in [2.05, 4.69) is 6.58 Å². The van der Waals surface area contributed by atoms with Gasteiger partial charge < -0.3 is 0 Å². The molecule has 0 saturated carbocycles. The Morgan fingerprint density at radius 3 is 2.14 bits per heavy atom. The standard InChI is InChI=1S/C4H5.2ClH.Pd/c1-3-4-2;;;/h1,3-4H,2H2;2*1H;/q;;;+2/p-2. The van der Waals surface area contributed by atoms with Gasteiger partial charge in [-0.1, -0.05) is 0 Å². The van der Waals surface area contributed by atoms with E-state index in [9.17, 15) is 0 Å². The molecule has 0 N–H and O–H groups in total. The summed E-state index contributed by atoms with van der Waals surface area (Å²) >= 11 is -1.32. The van der Waals surface area contributed by atoms with Crippen molar-refractivity contribution in [2.45, 2.75) is 0 Å². The Bertz CT molecular complexity index is 77.8. The molecule has 0 saturated heterocycles. The molecule has 0 amide bonds. The zero-order chi connectivity index (χ0) is 5.70. The van der Waals surface area contributed by atoms with Crippen LogP contribution >= 0.6 is 19.1 Å². The van der Waals surface area contributed by atoms with Crippen LogP contribution in [0.1, 0.15) is 0 Å². The van der Waals surface area contributed by atoms with Crippen LogP contribution in [0.15, 0.2) is 23.3 Å². The van der Waals surface area contributed by atoms with Gasteiger partial charge in [0.15, 0.2) is 0 Å². The van der Waals surface area contributed by atoms with Gasteiger partial charge in [-0.3, -0.25) is 0 Å². The van der Waals surface area contributed by atoms with Crippen LogP contribution < -0.4 is 0 Å². The van der Waals surface area contributed by atoms with E-state index in [0.29, 0.717) is 0 Å². The van der Waals surface area contributed by atoms with Gasteiger partial charge in [0, 0.05) is 0 Å². The fourth-order valence-corrected chi connectivity index (χ4v) is 1.07. The Labute approximate surface area is 57.0 Å². The van der Waals surface area contributed by atoms with E-state index < -0.39 is 14.7 Å². The third kappa shape index (κ3) is 6.72. The monoisotopic (exact) mass is 229 g/mol. The number of halogens is 2. The molecule has 0 unspecified atom stereocenters. The maximum atomic E-state index is 5.40. The topological polar surface area (TPSA) is 0 Å². The fraction of sp³-hybridized carbons (Fsp3) is 0. The van der Waals surface area contributed by atoms with Crippen molar-refractivity contribution >= 4 is 19.1 Å². The summed E-state index contributed by atoms with van der Waals surface area (Å²) < 4.78 is 1.75. The van der Waals surface area contributed by atoms with E-state index in [1.165, 1.54) is 0 Å². The van der Waals surface area contributed by atoms with Gasteiger partial charge in [-0.05, 0) is 0 Å². The average molecular weight is 230 g/mol. The van der Waals surface area contributed by atoms with E-state index in [1.54, 1.807) is 16.7 Å². The van der Waals surface area contributed by atoms with E-state index >= 15 is 0 Å². The van der Waals surface area contributed by atoms with E-state index in [4.69, 9.17) is 19.1 Å². The normalized spacial score (nSPS) is 12.0. The summed E-state index contributed by atoms with van der Waals surface area (Å²) in [6.45, 7) is 3.45. The minimum absolute atomic E-state index is 1.32. The zero-order valence-electron chi connectivity index (χ0n) is 3.51. The third-order valence-electron chi connectivity index (χ3n) is 0.277. The van der Waals surface area contributed by atoms with Gasteiger partial charge in [-0.2, -0.15) is 0 Å². The third-order valence-corrected chi connectivity index (χ3v) is 1.91. The van der Waals surface area contributed by atoms with Crippen LogP contribution in [0.2, 0.25) is 0 Å². The van der Waals surface area contributed by atoms with Gasteiger partial charge in [0.2, 0.25) is 0 Å². The second-order valence-electron chi connectivity index (χ2n) is 0.717. The van der Waals surface area contributed by atoms with Crippen LogP contribution in [0, 0.1) is 0 Å². The van der Waals surface area contributed by atoms with Gasteiger partial charge >= 0.3 is 57.1 Å². The van der Waals surface area contributed by atoms with Crippen LogP contribution in [-0.2, 0) is 14.7 Å². The molecule has 0 spiro atoms. The zero-order valence-corrected chi connectivity index (χ0v) is 6.58. The molecule has 0 atom stereocenters. The Morgan fingerprint density at radius 2 is 2.00 bits per heavy atom. The van der Waals surface area contributed by atoms with Crippen molar-refractivity contribution in [1.82, 2.24) is 0 Å². The molecule has 0 aromatic heterocycles. The minimum atomic E-state index is -1.32. The van der Waals surface area contributed by atoms with Crippen LogP contribution in [0.4, 0.5) is 0 Å². The maximum absolute atomic E-state index is 5.40. The van der Waals surface area contributed by atoms with Gasteiger partial charge in [-0.25, -0.2) is 0 Å². The molecule has 45 valence electrons. The predicted molar refractivity (Wildman–Crippen MR) is 31.0 cm³/mol. The molecule has 7 heavy (non-hydrogen) atoms. The molecule has 0 radical (unpaired) electrons. The van der Waals surface area contributed by atoms with Crippen molar-refractivity contribution in [3.8, 4) is 0 Å². The van der Waals surface area contributed by atoms with Gasteiger partial charge in [0.25, 0.3) is 0 Å². The predicted octanol–water partition coefficient (Wildman–Crippen LogP) is 2.61. The molecule has 0 aromatic carbocycles. The summed E-state index contributed by atoms with van der Waals surface area (Å²) in [5.74, 6) is 0. The summed E-state index contributed by atoms with van der Waals surface area (Å²) in [7, 11) is 10.8. The SMILES string of the molecule is C=C/C=[CH]/[Pd]([Cl])[Cl]. The van der Waals surface area contributed by atoms with Crippen molar-refractivity contribution in [2.24, 2.45) is 0 Å². The first kappa shape index (κ1) is 7.72. The van der Waals surface area contributed by atoms with Crippen molar-refractivity contribution < 1.29 is 14.7 Å². The van der Waals surface area contributed by atoms with E-state index in [0.717, 1.165) is 0 Å². The number of hydrogen-bond donors (Lipinski definition) is 0. The number of allylic oxidation sites excluding steroid dienone is 2. The molecule has 0 heterocycles. The molecule has 0 aliphatic carbocycles. The first-order chi connectivity index (χ1) is 3.27. The van der Waals surface area contributed by atoms with Crippen molar-refractivity contribution in [1.29, 1.82) is 0 Å². The molecular weight excluding hydrogens is 225 g/mol. The first-order valence-electron chi connectivity index (χ1n) is 1.50.